The van der Waals surface area contributed by atoms with E-state index in [-0.39, 0.29) is 31.1 Å². The summed E-state index contributed by atoms with van der Waals surface area (Å²) in [6.45, 7) is 11.4. The van der Waals surface area contributed by atoms with E-state index in [9.17, 15) is 14.4 Å². The highest BCUT2D eigenvalue weighted by Gasteiger charge is 2.19. The van der Waals surface area contributed by atoms with Crippen LogP contribution in [0.15, 0.2) is 0 Å². The van der Waals surface area contributed by atoms with Crippen molar-refractivity contribution in [1.29, 1.82) is 0 Å². The zero-order chi connectivity index (χ0) is 44.7. The summed E-state index contributed by atoms with van der Waals surface area (Å²) < 4.78 is 16.8. The van der Waals surface area contributed by atoms with Crippen molar-refractivity contribution in [2.75, 3.05) is 13.2 Å². The van der Waals surface area contributed by atoms with Gasteiger partial charge in [-0.2, -0.15) is 0 Å². The van der Waals surface area contributed by atoms with Gasteiger partial charge in [-0.1, -0.05) is 266 Å². The fourth-order valence-corrected chi connectivity index (χ4v) is 8.31. The number of ether oxygens (including phenoxy) is 3. The lowest BCUT2D eigenvalue weighted by Gasteiger charge is -2.18. The van der Waals surface area contributed by atoms with Crippen molar-refractivity contribution in [3.63, 3.8) is 0 Å². The zero-order valence-corrected chi connectivity index (χ0v) is 41.8. The first-order valence-corrected chi connectivity index (χ1v) is 27.3. The van der Waals surface area contributed by atoms with Crippen LogP contribution in [-0.4, -0.2) is 37.2 Å². The molecule has 0 N–H and O–H groups in total. The van der Waals surface area contributed by atoms with Crippen molar-refractivity contribution < 1.29 is 28.6 Å². The lowest BCUT2D eigenvalue weighted by molar-refractivity contribution is -0.167. The first kappa shape index (κ1) is 59.4. The smallest absolute Gasteiger partial charge is 0.306 e. The molecule has 0 aliphatic rings. The molecule has 6 nitrogen and oxygen atoms in total. The van der Waals surface area contributed by atoms with Gasteiger partial charge in [0.2, 0.25) is 0 Å². The van der Waals surface area contributed by atoms with Crippen LogP contribution >= 0.6 is 0 Å². The van der Waals surface area contributed by atoms with Gasteiger partial charge in [0.25, 0.3) is 0 Å². The van der Waals surface area contributed by atoms with Crippen molar-refractivity contribution in [3.05, 3.63) is 0 Å². The van der Waals surface area contributed by atoms with E-state index >= 15 is 0 Å². The summed E-state index contributed by atoms with van der Waals surface area (Å²) in [7, 11) is 0. The second kappa shape index (κ2) is 47.9. The topological polar surface area (TPSA) is 78.9 Å². The lowest BCUT2D eigenvalue weighted by Crippen LogP contribution is -2.30. The maximum absolute atomic E-state index is 12.8. The van der Waals surface area contributed by atoms with Crippen LogP contribution in [0.25, 0.3) is 0 Å². The molecule has 0 aliphatic carbocycles. The first-order valence-electron chi connectivity index (χ1n) is 27.3. The Morgan fingerprint density at radius 2 is 0.623 bits per heavy atom. The number of carbonyl (C=O) groups is 3. The maximum Gasteiger partial charge on any atom is 0.306 e. The Bertz CT molecular complexity index is 933. The van der Waals surface area contributed by atoms with Gasteiger partial charge in [0.05, 0.1) is 0 Å². The molecule has 0 aromatic heterocycles. The molecule has 0 radical (unpaired) electrons. The van der Waals surface area contributed by atoms with Crippen LogP contribution < -0.4 is 0 Å². The van der Waals surface area contributed by atoms with Gasteiger partial charge < -0.3 is 14.2 Å². The Balaban J connectivity index is 4.26. The average Bonchev–Trinajstić information content (AvgIpc) is 3.24. The fraction of sp³-hybridized carbons (Fsp3) is 0.945. The summed E-state index contributed by atoms with van der Waals surface area (Å²) in [5.41, 5.74) is 0. The summed E-state index contributed by atoms with van der Waals surface area (Å²) in [6.07, 6.45) is 49.6. The molecule has 1 unspecified atom stereocenters. The zero-order valence-electron chi connectivity index (χ0n) is 41.8. The van der Waals surface area contributed by atoms with E-state index in [2.05, 4.69) is 34.6 Å². The second-order valence-electron chi connectivity index (χ2n) is 19.6. The van der Waals surface area contributed by atoms with Gasteiger partial charge in [-0.25, -0.2) is 0 Å². The van der Waals surface area contributed by atoms with E-state index < -0.39 is 6.10 Å². The van der Waals surface area contributed by atoms with E-state index in [4.69, 9.17) is 14.2 Å². The third-order valence-electron chi connectivity index (χ3n) is 12.8. The van der Waals surface area contributed by atoms with Crippen LogP contribution in [-0.2, 0) is 28.6 Å². The molecule has 0 aromatic rings. The largest absolute Gasteiger partial charge is 0.462 e. The van der Waals surface area contributed by atoms with Crippen LogP contribution in [0.4, 0.5) is 0 Å². The Kier molecular flexibility index (Phi) is 46.6. The van der Waals surface area contributed by atoms with Gasteiger partial charge in [-0.05, 0) is 31.1 Å². The second-order valence-corrected chi connectivity index (χ2v) is 19.6. The molecule has 0 rings (SSSR count). The molecule has 61 heavy (non-hydrogen) atoms. The van der Waals surface area contributed by atoms with Gasteiger partial charge in [0.15, 0.2) is 6.10 Å². The highest BCUT2D eigenvalue weighted by Crippen LogP contribution is 2.18. The fourth-order valence-electron chi connectivity index (χ4n) is 8.31. The number of hydrogen-bond acceptors (Lipinski definition) is 6. The van der Waals surface area contributed by atoms with Crippen LogP contribution in [0.3, 0.4) is 0 Å². The van der Waals surface area contributed by atoms with Crippen molar-refractivity contribution in [1.82, 2.24) is 0 Å². The molecule has 0 saturated carbocycles. The minimum atomic E-state index is -0.763. The van der Waals surface area contributed by atoms with E-state index in [0.717, 1.165) is 69.6 Å². The number of carbonyl (C=O) groups excluding carboxylic acids is 3. The predicted octanol–water partition coefficient (Wildman–Crippen LogP) is 17.7. The molecule has 6 heteroatoms. The van der Waals surface area contributed by atoms with Crippen LogP contribution in [0.2, 0.25) is 0 Å². The monoisotopic (exact) mass is 863 g/mol. The molecule has 0 amide bonds. The predicted molar refractivity (Wildman–Crippen MR) is 261 cm³/mol. The molecule has 0 heterocycles. The molecule has 0 spiro atoms. The molecule has 0 aliphatic heterocycles. The normalized spacial score (nSPS) is 12.5. The third-order valence-corrected chi connectivity index (χ3v) is 12.8. The molecule has 362 valence electrons. The Morgan fingerprint density at radius 3 is 0.934 bits per heavy atom. The minimum Gasteiger partial charge on any atom is -0.462 e. The number of esters is 3. The number of hydrogen-bond donors (Lipinski definition) is 0. The van der Waals surface area contributed by atoms with Crippen molar-refractivity contribution in [2.24, 2.45) is 11.8 Å². The maximum atomic E-state index is 12.8. The van der Waals surface area contributed by atoms with E-state index in [0.29, 0.717) is 19.3 Å². The summed E-state index contributed by atoms with van der Waals surface area (Å²) in [6, 6.07) is 0. The molecular formula is C55H106O6. The lowest BCUT2D eigenvalue weighted by atomic mass is 10.00. The van der Waals surface area contributed by atoms with Crippen molar-refractivity contribution in [2.45, 2.75) is 310 Å². The summed E-state index contributed by atoms with van der Waals surface area (Å²) in [5.74, 6) is 0.792. The molecule has 0 aromatic carbocycles. The standard InChI is InChI=1S/C55H106O6/c1-6-8-9-10-11-12-13-14-15-16-17-18-19-20-23-27-30-37-42-47-55(58)61-52(49-60-54(57)46-41-36-32-31-34-39-44-51(5)7-2)48-59-53(56)45-40-35-29-26-24-21-22-25-28-33-38-43-50(3)4/h50-52H,6-49H2,1-5H3/t51?,52-/m0/s1. The molecular weight excluding hydrogens is 757 g/mol. The van der Waals surface area contributed by atoms with E-state index in [1.807, 2.05) is 0 Å². The van der Waals surface area contributed by atoms with Crippen molar-refractivity contribution >= 4 is 17.9 Å². The number of rotatable bonds is 49. The van der Waals surface area contributed by atoms with E-state index in [1.165, 1.54) is 193 Å². The van der Waals surface area contributed by atoms with Gasteiger partial charge in [-0.3, -0.25) is 14.4 Å². The first-order chi connectivity index (χ1) is 29.8. The minimum absolute atomic E-state index is 0.0643. The summed E-state index contributed by atoms with van der Waals surface area (Å²) >= 11 is 0. The van der Waals surface area contributed by atoms with Crippen LogP contribution in [0, 0.1) is 11.8 Å². The van der Waals surface area contributed by atoms with Gasteiger partial charge in [0, 0.05) is 19.3 Å². The Hall–Kier alpha value is -1.59. The summed E-state index contributed by atoms with van der Waals surface area (Å²) in [4.78, 5) is 38.0. The molecule has 0 bridgehead atoms. The average molecular weight is 863 g/mol. The third kappa shape index (κ3) is 47.7. The molecule has 0 saturated heterocycles. The van der Waals surface area contributed by atoms with Gasteiger partial charge >= 0.3 is 17.9 Å². The van der Waals surface area contributed by atoms with E-state index in [1.54, 1.807) is 0 Å². The summed E-state index contributed by atoms with van der Waals surface area (Å²) in [5, 5.41) is 0. The van der Waals surface area contributed by atoms with Crippen LogP contribution in [0.5, 0.6) is 0 Å². The van der Waals surface area contributed by atoms with Crippen molar-refractivity contribution in [3.8, 4) is 0 Å². The highest BCUT2D eigenvalue weighted by atomic mass is 16.6. The van der Waals surface area contributed by atoms with Crippen LogP contribution in [0.1, 0.15) is 304 Å². The molecule has 0 fully saturated rings. The number of unbranched alkanes of at least 4 members (excludes halogenated alkanes) is 33. The Morgan fingerprint density at radius 1 is 0.344 bits per heavy atom. The molecule has 2 atom stereocenters. The van der Waals surface area contributed by atoms with Gasteiger partial charge in [-0.15, -0.1) is 0 Å². The quantitative estimate of drug-likeness (QED) is 0.0344. The highest BCUT2D eigenvalue weighted by molar-refractivity contribution is 5.71. The Labute approximate surface area is 380 Å². The SMILES string of the molecule is CCCCCCCCCCCCCCCCCCCCCC(=O)O[C@@H](COC(=O)CCCCCCCCCCCCCC(C)C)COC(=O)CCCCCCCCC(C)CC. The van der Waals surface area contributed by atoms with Gasteiger partial charge in [0.1, 0.15) is 13.2 Å².